The minimum Gasteiger partial charge on any atom is -0.347 e. The first-order valence-electron chi connectivity index (χ1n) is 9.21. The van der Waals surface area contributed by atoms with Crippen molar-refractivity contribution in [1.29, 1.82) is 0 Å². The Balaban J connectivity index is 1.82. The molecule has 29 heavy (non-hydrogen) atoms. The Morgan fingerprint density at radius 3 is 2.52 bits per heavy atom. The molecule has 0 spiro atoms. The van der Waals surface area contributed by atoms with Crippen molar-refractivity contribution in [3.8, 4) is 0 Å². The van der Waals surface area contributed by atoms with Crippen LogP contribution in [0, 0.1) is 0 Å². The molecular formula is C20H25N5O3S. The molecular weight excluding hydrogens is 390 g/mol. The predicted octanol–water partition coefficient (Wildman–Crippen LogP) is 0.931. The summed E-state index contributed by atoms with van der Waals surface area (Å²) in [6.07, 6.45) is 0.904. The summed E-state index contributed by atoms with van der Waals surface area (Å²) in [5, 5.41) is 8.30. The molecule has 0 unspecified atom stereocenters. The zero-order valence-corrected chi connectivity index (χ0v) is 17.3. The van der Waals surface area contributed by atoms with E-state index in [0.29, 0.717) is 12.5 Å². The lowest BCUT2D eigenvalue weighted by atomic mass is 10.2. The second kappa shape index (κ2) is 8.62. The maximum absolute atomic E-state index is 12.0. The van der Waals surface area contributed by atoms with Gasteiger partial charge in [-0.3, -0.25) is 4.79 Å². The van der Waals surface area contributed by atoms with E-state index in [1.165, 1.54) is 22.6 Å². The molecule has 2 aromatic carbocycles. The molecule has 1 amide bonds. The fraction of sp³-hybridized carbons (Fsp3) is 0.300. The molecule has 8 nitrogen and oxygen atoms in total. The van der Waals surface area contributed by atoms with Crippen molar-refractivity contribution in [3.63, 3.8) is 0 Å². The molecule has 3 rings (SSSR count). The number of nitrogens with zero attached hydrogens (tertiary/aromatic N) is 3. The summed E-state index contributed by atoms with van der Waals surface area (Å²) in [6.45, 7) is 1.24. The van der Waals surface area contributed by atoms with Crippen molar-refractivity contribution >= 4 is 27.6 Å². The van der Waals surface area contributed by atoms with Crippen LogP contribution in [0.4, 0.5) is 5.69 Å². The van der Waals surface area contributed by atoms with Gasteiger partial charge in [0.1, 0.15) is 0 Å². The number of benzene rings is 2. The Labute approximate surface area is 171 Å². The average molecular weight is 416 g/mol. The van der Waals surface area contributed by atoms with Gasteiger partial charge in [-0.2, -0.15) is 0 Å². The number of guanidine groups is 1. The van der Waals surface area contributed by atoms with Gasteiger partial charge in [-0.05, 0) is 35.7 Å². The zero-order valence-electron chi connectivity index (χ0n) is 16.5. The van der Waals surface area contributed by atoms with Crippen molar-refractivity contribution in [2.24, 2.45) is 10.1 Å². The van der Waals surface area contributed by atoms with E-state index in [4.69, 9.17) is 5.14 Å². The van der Waals surface area contributed by atoms with E-state index in [1.807, 2.05) is 18.2 Å². The first kappa shape index (κ1) is 20.8. The molecule has 1 aliphatic rings. The number of hydrogen-bond acceptors (Lipinski definition) is 4. The zero-order chi connectivity index (χ0) is 21.0. The Morgan fingerprint density at radius 1 is 1.17 bits per heavy atom. The lowest BCUT2D eigenvalue weighted by Crippen LogP contribution is -2.45. The Hall–Kier alpha value is -2.91. The number of likely N-dealkylation sites (N-methyl/N-ethyl adjacent to an activating group) is 1. The molecule has 0 saturated carbocycles. The van der Waals surface area contributed by atoms with E-state index in [0.717, 1.165) is 24.2 Å². The first-order chi connectivity index (χ1) is 13.8. The molecule has 0 fully saturated rings. The summed E-state index contributed by atoms with van der Waals surface area (Å²) in [5.74, 6) is 0.559. The van der Waals surface area contributed by atoms with Gasteiger partial charge >= 0.3 is 0 Å². The summed E-state index contributed by atoms with van der Waals surface area (Å²) in [6, 6.07) is 14.4. The normalized spacial score (nSPS) is 13.9. The summed E-state index contributed by atoms with van der Waals surface area (Å²) in [5.41, 5.74) is 3.14. The van der Waals surface area contributed by atoms with Gasteiger partial charge in [-0.15, -0.1) is 0 Å². The summed E-state index contributed by atoms with van der Waals surface area (Å²) >= 11 is 0. The maximum Gasteiger partial charge on any atom is 0.241 e. The minimum absolute atomic E-state index is 0.0531. The Bertz CT molecular complexity index is 1020. The highest BCUT2D eigenvalue weighted by molar-refractivity contribution is 7.89. The molecule has 0 aliphatic carbocycles. The first-order valence-corrected chi connectivity index (χ1v) is 10.8. The second-order valence-electron chi connectivity index (χ2n) is 7.00. The maximum atomic E-state index is 12.0. The number of rotatable bonds is 5. The number of anilines is 1. The second-order valence-corrected chi connectivity index (χ2v) is 8.56. The largest absolute Gasteiger partial charge is 0.347 e. The topological polar surface area (TPSA) is 108 Å². The van der Waals surface area contributed by atoms with Gasteiger partial charge in [0.05, 0.1) is 18.0 Å². The molecule has 0 radical (unpaired) electrons. The number of amides is 1. The molecule has 0 bridgehead atoms. The van der Waals surface area contributed by atoms with Gasteiger partial charge in [0.15, 0.2) is 5.96 Å². The molecule has 3 N–H and O–H groups in total. The van der Waals surface area contributed by atoms with Gasteiger partial charge < -0.3 is 15.1 Å². The molecule has 0 saturated heterocycles. The number of sulfonamides is 1. The number of primary sulfonamides is 1. The Morgan fingerprint density at radius 2 is 1.86 bits per heavy atom. The monoisotopic (exact) mass is 415 g/mol. The van der Waals surface area contributed by atoms with E-state index in [2.05, 4.69) is 21.3 Å². The standard InChI is InChI=1S/C20H25N5O3S/c1-24(2)19(26)14-23-20(25-12-11-16-5-3-4-6-18(16)25)22-13-15-7-9-17(10-8-15)29(21,27)28/h3-10H,11-14H2,1-2H3,(H,22,23)(H2,21,27,28). The fourth-order valence-electron chi connectivity index (χ4n) is 3.06. The van der Waals surface area contributed by atoms with Crippen LogP contribution in [0.25, 0.3) is 0 Å². The van der Waals surface area contributed by atoms with Crippen LogP contribution < -0.4 is 15.4 Å². The van der Waals surface area contributed by atoms with E-state index >= 15 is 0 Å². The van der Waals surface area contributed by atoms with Crippen molar-refractivity contribution in [1.82, 2.24) is 10.2 Å². The van der Waals surface area contributed by atoms with Crippen molar-refractivity contribution in [2.75, 3.05) is 32.1 Å². The van der Waals surface area contributed by atoms with Crippen LogP contribution in [-0.2, 0) is 27.8 Å². The van der Waals surface area contributed by atoms with Crippen LogP contribution in [0.3, 0.4) is 0 Å². The summed E-state index contributed by atoms with van der Waals surface area (Å²) in [4.78, 5) is 20.4. The highest BCUT2D eigenvalue weighted by Gasteiger charge is 2.23. The smallest absolute Gasteiger partial charge is 0.241 e. The third-order valence-electron chi connectivity index (χ3n) is 4.70. The van der Waals surface area contributed by atoms with Gasteiger partial charge in [0.2, 0.25) is 15.9 Å². The third-order valence-corrected chi connectivity index (χ3v) is 5.63. The average Bonchev–Trinajstić information content (AvgIpc) is 3.11. The number of nitrogens with one attached hydrogen (secondary N) is 1. The van der Waals surface area contributed by atoms with E-state index < -0.39 is 10.0 Å². The van der Waals surface area contributed by atoms with Crippen LogP contribution in [0.5, 0.6) is 0 Å². The van der Waals surface area contributed by atoms with Gasteiger partial charge in [-0.25, -0.2) is 18.5 Å². The van der Waals surface area contributed by atoms with Gasteiger partial charge in [-0.1, -0.05) is 30.3 Å². The number of aliphatic imine (C=N–C) groups is 1. The van der Waals surface area contributed by atoms with Crippen LogP contribution in [0.2, 0.25) is 0 Å². The van der Waals surface area contributed by atoms with E-state index in [9.17, 15) is 13.2 Å². The Kier molecular flexibility index (Phi) is 6.19. The molecule has 0 atom stereocenters. The van der Waals surface area contributed by atoms with E-state index in [-0.39, 0.29) is 17.3 Å². The number of carbonyl (C=O) groups is 1. The molecule has 9 heteroatoms. The lowest BCUT2D eigenvalue weighted by Gasteiger charge is -2.23. The van der Waals surface area contributed by atoms with E-state index in [1.54, 1.807) is 26.2 Å². The van der Waals surface area contributed by atoms with Gasteiger partial charge in [0.25, 0.3) is 0 Å². The highest BCUT2D eigenvalue weighted by atomic mass is 32.2. The number of fused-ring (bicyclic) bond motifs is 1. The third kappa shape index (κ3) is 5.12. The van der Waals surface area contributed by atoms with Crippen LogP contribution in [-0.4, -0.2) is 52.4 Å². The summed E-state index contributed by atoms with van der Waals surface area (Å²) in [7, 11) is -0.307. The summed E-state index contributed by atoms with van der Waals surface area (Å²) < 4.78 is 22.8. The van der Waals surface area contributed by atoms with Crippen LogP contribution >= 0.6 is 0 Å². The number of para-hydroxylation sites is 1. The van der Waals surface area contributed by atoms with Crippen molar-refractivity contribution in [2.45, 2.75) is 17.9 Å². The lowest BCUT2D eigenvalue weighted by molar-refractivity contribution is -0.127. The number of carbonyl (C=O) groups excluding carboxylic acids is 1. The van der Waals surface area contributed by atoms with Crippen LogP contribution in [0.15, 0.2) is 58.4 Å². The predicted molar refractivity (Wildman–Crippen MR) is 113 cm³/mol. The molecule has 0 aromatic heterocycles. The highest BCUT2D eigenvalue weighted by Crippen LogP contribution is 2.27. The quantitative estimate of drug-likeness (QED) is 0.558. The number of nitrogens with two attached hydrogens (primary N) is 1. The minimum atomic E-state index is -3.72. The molecule has 154 valence electrons. The van der Waals surface area contributed by atoms with Crippen molar-refractivity contribution < 1.29 is 13.2 Å². The van der Waals surface area contributed by atoms with Crippen molar-refractivity contribution in [3.05, 3.63) is 59.7 Å². The molecule has 2 aromatic rings. The molecule has 1 aliphatic heterocycles. The van der Waals surface area contributed by atoms with Gasteiger partial charge in [0, 0.05) is 26.3 Å². The molecule has 1 heterocycles. The fourth-order valence-corrected chi connectivity index (χ4v) is 3.57. The SMILES string of the molecule is CN(C)C(=O)CNC(=NCc1ccc(S(N)(=O)=O)cc1)N1CCc2ccccc21. The van der Waals surface area contributed by atoms with Crippen LogP contribution in [0.1, 0.15) is 11.1 Å². The number of hydrogen-bond donors (Lipinski definition) is 2.